The molecule has 5 rings (SSSR count). The van der Waals surface area contributed by atoms with E-state index in [9.17, 15) is 14.7 Å². The molecule has 0 fully saturated rings. The molecule has 0 saturated carbocycles. The second-order valence-corrected chi connectivity index (χ2v) is 10.2. The van der Waals surface area contributed by atoms with Crippen molar-refractivity contribution in [2.45, 2.75) is 38.1 Å². The van der Waals surface area contributed by atoms with E-state index >= 15 is 0 Å². The minimum atomic E-state index is -1.02. The summed E-state index contributed by atoms with van der Waals surface area (Å²) in [6.45, 7) is 7.04. The maximum Gasteiger partial charge on any atom is 0.313 e. The summed E-state index contributed by atoms with van der Waals surface area (Å²) in [5.41, 5.74) is 2.78. The third-order valence-corrected chi connectivity index (χ3v) is 6.86. The number of hydrogen-bond donors (Lipinski definition) is 1. The summed E-state index contributed by atoms with van der Waals surface area (Å²) in [7, 11) is 0. The van der Waals surface area contributed by atoms with Crippen LogP contribution in [0.1, 0.15) is 59.8 Å². The number of carboxylic acid groups (broad SMARTS) is 1. The molecule has 0 bridgehead atoms. The molecule has 0 saturated heterocycles. The Hall–Kier alpha value is -3.51. The Morgan fingerprint density at radius 2 is 1.71 bits per heavy atom. The smallest absolute Gasteiger partial charge is 0.313 e. The lowest BCUT2D eigenvalue weighted by atomic mass is 9.79. The summed E-state index contributed by atoms with van der Waals surface area (Å²) in [6, 6.07) is 16.9. The highest BCUT2D eigenvalue weighted by atomic mass is 35.5. The normalized spacial score (nSPS) is 19.3. The lowest BCUT2D eigenvalue weighted by Gasteiger charge is -2.41. The van der Waals surface area contributed by atoms with Crippen molar-refractivity contribution >= 4 is 29.2 Å². The van der Waals surface area contributed by atoms with Crippen LogP contribution in [0, 0.1) is 0 Å². The van der Waals surface area contributed by atoms with E-state index in [1.807, 2.05) is 12.1 Å². The molecule has 2 heterocycles. The highest BCUT2D eigenvalue weighted by molar-refractivity contribution is 6.32. The van der Waals surface area contributed by atoms with Gasteiger partial charge in [0.05, 0.1) is 6.04 Å². The number of carbonyl (C=O) groups is 2. The van der Waals surface area contributed by atoms with Crippen molar-refractivity contribution in [1.82, 2.24) is 0 Å². The predicted octanol–water partition coefficient (Wildman–Crippen LogP) is 5.98. The lowest BCUT2D eigenvalue weighted by Crippen LogP contribution is -2.45. The largest absolute Gasteiger partial charge is 0.486 e. The van der Waals surface area contributed by atoms with Crippen LogP contribution in [0.5, 0.6) is 11.5 Å². The van der Waals surface area contributed by atoms with Gasteiger partial charge in [-0.3, -0.25) is 14.5 Å². The summed E-state index contributed by atoms with van der Waals surface area (Å²) in [5.74, 6) is -1.17. The molecular formula is C28H26ClNO5. The third-order valence-electron chi connectivity index (χ3n) is 6.55. The molecule has 2 aliphatic heterocycles. The number of hydrogen-bond acceptors (Lipinski definition) is 4. The Morgan fingerprint density at radius 1 is 1.00 bits per heavy atom. The van der Waals surface area contributed by atoms with Crippen LogP contribution >= 0.6 is 11.6 Å². The molecular weight excluding hydrogens is 466 g/mol. The van der Waals surface area contributed by atoms with E-state index < -0.39 is 17.9 Å². The second kappa shape index (κ2) is 8.61. The highest BCUT2D eigenvalue weighted by Crippen LogP contribution is 2.47. The summed E-state index contributed by atoms with van der Waals surface area (Å²) in [5, 5.41) is 10.9. The van der Waals surface area contributed by atoms with Gasteiger partial charge in [0.25, 0.3) is 5.91 Å². The van der Waals surface area contributed by atoms with Crippen LogP contribution in [0.15, 0.2) is 60.7 Å². The standard InChI is InChI=1S/C28H26ClNO5/c1-28(2,3)20-10-9-17(15-21(20)29)30-25(16-8-11-22-23(14-16)35-13-12-34-22)24(27(32)33)18-6-4-5-7-19(18)26(30)31/h4-11,14-15,24-25H,12-13H2,1-3H3,(H,32,33)/t24-,25+/m0/s1. The topological polar surface area (TPSA) is 76.1 Å². The van der Waals surface area contributed by atoms with Crippen LogP contribution in [0.25, 0.3) is 0 Å². The van der Waals surface area contributed by atoms with E-state index in [4.69, 9.17) is 21.1 Å². The van der Waals surface area contributed by atoms with Gasteiger partial charge in [0.15, 0.2) is 11.5 Å². The molecule has 7 heteroatoms. The Labute approximate surface area is 209 Å². The van der Waals surface area contributed by atoms with Gasteiger partial charge in [-0.05, 0) is 52.4 Å². The Morgan fingerprint density at radius 3 is 2.40 bits per heavy atom. The number of carboxylic acids is 1. The summed E-state index contributed by atoms with van der Waals surface area (Å²) in [4.78, 5) is 28.1. The molecule has 180 valence electrons. The molecule has 2 atom stereocenters. The van der Waals surface area contributed by atoms with Crippen LogP contribution in [0.2, 0.25) is 5.02 Å². The zero-order valence-corrected chi connectivity index (χ0v) is 20.5. The molecule has 0 spiro atoms. The van der Waals surface area contributed by atoms with Crippen LogP contribution < -0.4 is 14.4 Å². The zero-order valence-electron chi connectivity index (χ0n) is 19.7. The number of ether oxygens (including phenoxy) is 2. The first-order chi connectivity index (χ1) is 16.7. The molecule has 2 aliphatic rings. The number of benzene rings is 3. The number of rotatable bonds is 3. The Kier molecular flexibility index (Phi) is 5.72. The van der Waals surface area contributed by atoms with E-state index in [-0.39, 0.29) is 11.3 Å². The Balaban J connectivity index is 1.72. The molecule has 0 radical (unpaired) electrons. The van der Waals surface area contributed by atoms with Crippen molar-refractivity contribution in [3.8, 4) is 11.5 Å². The number of carbonyl (C=O) groups excluding carboxylic acids is 1. The average molecular weight is 492 g/mol. The molecule has 35 heavy (non-hydrogen) atoms. The fraction of sp³-hybridized carbons (Fsp3) is 0.286. The van der Waals surface area contributed by atoms with Gasteiger partial charge in [0.2, 0.25) is 0 Å². The monoisotopic (exact) mass is 491 g/mol. The van der Waals surface area contributed by atoms with Crippen LogP contribution in [-0.2, 0) is 10.2 Å². The number of anilines is 1. The highest BCUT2D eigenvalue weighted by Gasteiger charge is 2.45. The van der Waals surface area contributed by atoms with E-state index in [1.165, 1.54) is 0 Å². The fourth-order valence-corrected chi connectivity index (χ4v) is 5.39. The van der Waals surface area contributed by atoms with E-state index in [0.717, 1.165) is 5.56 Å². The van der Waals surface area contributed by atoms with Crippen LogP contribution in [-0.4, -0.2) is 30.2 Å². The minimum absolute atomic E-state index is 0.188. The first-order valence-electron chi connectivity index (χ1n) is 11.5. The lowest BCUT2D eigenvalue weighted by molar-refractivity contribution is -0.139. The van der Waals surface area contributed by atoms with Crippen molar-refractivity contribution in [1.29, 1.82) is 0 Å². The summed E-state index contributed by atoms with van der Waals surface area (Å²) < 4.78 is 11.4. The van der Waals surface area contributed by atoms with Crippen LogP contribution in [0.4, 0.5) is 5.69 Å². The molecule has 0 aromatic heterocycles. The molecule has 3 aromatic rings. The van der Waals surface area contributed by atoms with Gasteiger partial charge in [-0.1, -0.05) is 62.7 Å². The minimum Gasteiger partial charge on any atom is -0.486 e. The Bertz CT molecular complexity index is 1330. The SMILES string of the molecule is CC(C)(C)c1ccc(N2C(=O)c3ccccc3[C@H](C(=O)O)[C@H]2c2ccc3c(c2)OCCO3)cc1Cl. The van der Waals surface area contributed by atoms with Gasteiger partial charge in [0, 0.05) is 16.3 Å². The molecule has 6 nitrogen and oxygen atoms in total. The van der Waals surface area contributed by atoms with E-state index in [2.05, 4.69) is 20.8 Å². The number of amides is 1. The van der Waals surface area contributed by atoms with Crippen molar-refractivity contribution in [2.75, 3.05) is 18.1 Å². The van der Waals surface area contributed by atoms with Gasteiger partial charge in [-0.2, -0.15) is 0 Å². The molecule has 3 aromatic carbocycles. The molecule has 0 unspecified atom stereocenters. The second-order valence-electron chi connectivity index (χ2n) is 9.84. The predicted molar refractivity (Wildman–Crippen MR) is 134 cm³/mol. The summed E-state index contributed by atoms with van der Waals surface area (Å²) in [6.07, 6.45) is 0. The maximum atomic E-state index is 13.9. The number of aliphatic carboxylic acids is 1. The fourth-order valence-electron chi connectivity index (χ4n) is 4.93. The van der Waals surface area contributed by atoms with Crippen molar-refractivity contribution in [3.63, 3.8) is 0 Å². The molecule has 1 amide bonds. The summed E-state index contributed by atoms with van der Waals surface area (Å²) >= 11 is 6.68. The van der Waals surface area contributed by atoms with Gasteiger partial charge in [0.1, 0.15) is 19.1 Å². The zero-order chi connectivity index (χ0) is 24.9. The number of halogens is 1. The van der Waals surface area contributed by atoms with Crippen LogP contribution in [0.3, 0.4) is 0 Å². The van der Waals surface area contributed by atoms with Gasteiger partial charge < -0.3 is 14.6 Å². The number of fused-ring (bicyclic) bond motifs is 2. The van der Waals surface area contributed by atoms with E-state index in [1.54, 1.807) is 53.4 Å². The van der Waals surface area contributed by atoms with E-state index in [0.29, 0.717) is 52.1 Å². The van der Waals surface area contributed by atoms with Crippen molar-refractivity contribution in [2.24, 2.45) is 0 Å². The molecule has 0 aliphatic carbocycles. The third kappa shape index (κ3) is 4.02. The average Bonchev–Trinajstić information content (AvgIpc) is 2.82. The van der Waals surface area contributed by atoms with Gasteiger partial charge in [-0.15, -0.1) is 0 Å². The maximum absolute atomic E-state index is 13.9. The first-order valence-corrected chi connectivity index (χ1v) is 11.9. The quantitative estimate of drug-likeness (QED) is 0.488. The first kappa shape index (κ1) is 23.2. The number of nitrogens with zero attached hydrogens (tertiary/aromatic N) is 1. The van der Waals surface area contributed by atoms with Crippen molar-refractivity contribution < 1.29 is 24.2 Å². The molecule has 1 N–H and O–H groups in total. The van der Waals surface area contributed by atoms with Gasteiger partial charge in [-0.25, -0.2) is 0 Å². The van der Waals surface area contributed by atoms with Gasteiger partial charge >= 0.3 is 5.97 Å². The van der Waals surface area contributed by atoms with Crippen molar-refractivity contribution in [3.05, 3.63) is 87.9 Å².